The Morgan fingerprint density at radius 2 is 2.21 bits per heavy atom. The van der Waals surface area contributed by atoms with Crippen LogP contribution in [0.25, 0.3) is 11.6 Å². The average Bonchev–Trinajstić information content (AvgIpc) is 2.50. The van der Waals surface area contributed by atoms with Gasteiger partial charge < -0.3 is 4.74 Å². The molecule has 2 rings (SSSR count). The van der Waals surface area contributed by atoms with E-state index in [2.05, 4.69) is 10.2 Å². The largest absolute Gasteiger partial charge is 0.461 e. The first-order valence-electron chi connectivity index (χ1n) is 6.18. The monoisotopic (exact) mass is 260 g/mol. The molecule has 0 bridgehead atoms. The van der Waals surface area contributed by atoms with Gasteiger partial charge in [0.2, 0.25) is 11.1 Å². The van der Waals surface area contributed by atoms with Gasteiger partial charge in [0, 0.05) is 5.22 Å². The van der Waals surface area contributed by atoms with E-state index in [4.69, 9.17) is 4.74 Å². The lowest BCUT2D eigenvalue weighted by Crippen LogP contribution is -2.46. The number of allylic oxidation sites excluding steroid dienone is 2. The fourth-order valence-electron chi connectivity index (χ4n) is 2.06. The van der Waals surface area contributed by atoms with Crippen LogP contribution in [-0.2, 0) is 4.74 Å². The van der Waals surface area contributed by atoms with Gasteiger partial charge in [-0.25, -0.2) is 4.79 Å². The van der Waals surface area contributed by atoms with Crippen LogP contribution in [0.4, 0.5) is 0 Å². The summed E-state index contributed by atoms with van der Waals surface area (Å²) in [5, 5.41) is 7.78. The number of hydrogen-bond acceptors (Lipinski definition) is 4. The Labute approximate surface area is 110 Å². The normalized spacial score (nSPS) is 14.1. The summed E-state index contributed by atoms with van der Waals surface area (Å²) in [6.07, 6.45) is 4.50. The van der Waals surface area contributed by atoms with E-state index in [0.29, 0.717) is 17.0 Å². The molecule has 0 saturated carbocycles. The lowest BCUT2D eigenvalue weighted by atomic mass is 10.2. The SMILES string of the molecule is CCOC(=O)c1n[nH]c2c(c1=O)=CCC(C)=CC=2C. The predicted octanol–water partition coefficient (Wildman–Crippen LogP) is 0.248. The molecular formula is C14H16N2O3. The molecule has 0 fully saturated rings. The van der Waals surface area contributed by atoms with E-state index in [1.54, 1.807) is 6.92 Å². The Hall–Kier alpha value is -2.17. The Kier molecular flexibility index (Phi) is 3.64. The summed E-state index contributed by atoms with van der Waals surface area (Å²) in [6, 6.07) is 0. The van der Waals surface area contributed by atoms with Crippen molar-refractivity contribution >= 4 is 17.6 Å². The first-order chi connectivity index (χ1) is 9.04. The molecule has 1 aromatic heterocycles. The molecule has 0 atom stereocenters. The van der Waals surface area contributed by atoms with Crippen LogP contribution < -0.4 is 16.0 Å². The first-order valence-corrected chi connectivity index (χ1v) is 6.18. The number of hydrogen-bond donors (Lipinski definition) is 1. The van der Waals surface area contributed by atoms with Crippen LogP contribution in [0.5, 0.6) is 0 Å². The highest BCUT2D eigenvalue weighted by Crippen LogP contribution is 2.06. The van der Waals surface area contributed by atoms with Gasteiger partial charge in [-0.3, -0.25) is 9.89 Å². The Morgan fingerprint density at radius 1 is 1.47 bits per heavy atom. The standard InChI is InChI=1S/C14H16N2O3/c1-4-19-14(18)12-13(17)10-6-5-8(2)7-9(3)11(10)15-16-12/h6-7,15H,4-5H2,1-3H3. The van der Waals surface area contributed by atoms with Gasteiger partial charge in [0.05, 0.1) is 12.0 Å². The van der Waals surface area contributed by atoms with Gasteiger partial charge >= 0.3 is 5.97 Å². The number of carbonyl (C=O) groups is 1. The maximum Gasteiger partial charge on any atom is 0.362 e. The zero-order valence-electron chi connectivity index (χ0n) is 11.2. The summed E-state index contributed by atoms with van der Waals surface area (Å²) >= 11 is 0. The van der Waals surface area contributed by atoms with Gasteiger partial charge in [0.15, 0.2) is 0 Å². The summed E-state index contributed by atoms with van der Waals surface area (Å²) in [7, 11) is 0. The minimum atomic E-state index is -0.688. The summed E-state index contributed by atoms with van der Waals surface area (Å²) in [6.45, 7) is 5.80. The number of aromatic nitrogens is 2. The number of rotatable bonds is 2. The molecule has 0 unspecified atom stereocenters. The fourth-order valence-corrected chi connectivity index (χ4v) is 2.06. The summed E-state index contributed by atoms with van der Waals surface area (Å²) in [5.74, 6) is -0.688. The van der Waals surface area contributed by atoms with Crippen molar-refractivity contribution in [3.63, 3.8) is 0 Å². The predicted molar refractivity (Wildman–Crippen MR) is 72.0 cm³/mol. The molecule has 1 aliphatic carbocycles. The Morgan fingerprint density at radius 3 is 2.89 bits per heavy atom. The maximum absolute atomic E-state index is 12.3. The van der Waals surface area contributed by atoms with Crippen LogP contribution in [0, 0.1) is 0 Å². The molecule has 100 valence electrons. The number of nitrogens with one attached hydrogen (secondary N) is 1. The Bertz CT molecular complexity index is 726. The highest BCUT2D eigenvalue weighted by atomic mass is 16.5. The molecular weight excluding hydrogens is 244 g/mol. The van der Waals surface area contributed by atoms with E-state index in [-0.39, 0.29) is 17.7 Å². The lowest BCUT2D eigenvalue weighted by molar-refractivity contribution is 0.0516. The van der Waals surface area contributed by atoms with Gasteiger partial charge in [-0.2, -0.15) is 5.10 Å². The zero-order chi connectivity index (χ0) is 14.0. The van der Waals surface area contributed by atoms with Crippen LogP contribution in [0.2, 0.25) is 0 Å². The van der Waals surface area contributed by atoms with Gasteiger partial charge in [-0.05, 0) is 32.8 Å². The molecule has 0 saturated heterocycles. The third-order valence-corrected chi connectivity index (χ3v) is 2.96. The highest BCUT2D eigenvalue weighted by molar-refractivity contribution is 5.86. The fraction of sp³-hybridized carbons (Fsp3) is 0.357. The number of ether oxygens (including phenoxy) is 1. The van der Waals surface area contributed by atoms with E-state index < -0.39 is 5.97 Å². The van der Waals surface area contributed by atoms with E-state index >= 15 is 0 Å². The molecule has 19 heavy (non-hydrogen) atoms. The van der Waals surface area contributed by atoms with E-state index in [1.165, 1.54) is 0 Å². The second kappa shape index (κ2) is 5.22. The second-order valence-electron chi connectivity index (χ2n) is 4.49. The highest BCUT2D eigenvalue weighted by Gasteiger charge is 2.15. The topological polar surface area (TPSA) is 72.0 Å². The number of fused-ring (bicyclic) bond motifs is 1. The summed E-state index contributed by atoms with van der Waals surface area (Å²) < 4.78 is 4.82. The van der Waals surface area contributed by atoms with Crippen molar-refractivity contribution in [3.8, 4) is 0 Å². The van der Waals surface area contributed by atoms with E-state index in [0.717, 1.165) is 11.1 Å². The molecule has 1 N–H and O–H groups in total. The second-order valence-corrected chi connectivity index (χ2v) is 4.49. The van der Waals surface area contributed by atoms with Crippen LogP contribution in [0.3, 0.4) is 0 Å². The van der Waals surface area contributed by atoms with Crippen molar-refractivity contribution in [3.05, 3.63) is 38.1 Å². The van der Waals surface area contributed by atoms with Crippen molar-refractivity contribution in [2.45, 2.75) is 27.2 Å². The van der Waals surface area contributed by atoms with Crippen molar-refractivity contribution < 1.29 is 9.53 Å². The molecule has 0 radical (unpaired) electrons. The van der Waals surface area contributed by atoms with E-state index in [1.807, 2.05) is 26.0 Å². The summed E-state index contributed by atoms with van der Waals surface area (Å²) in [5.41, 5.74) is 1.51. The molecule has 0 spiro atoms. The molecule has 0 amide bonds. The smallest absolute Gasteiger partial charge is 0.362 e. The molecule has 1 heterocycles. The van der Waals surface area contributed by atoms with Gasteiger partial charge in [-0.1, -0.05) is 17.7 Å². The number of nitrogens with zero attached hydrogens (tertiary/aromatic N) is 1. The summed E-state index contributed by atoms with van der Waals surface area (Å²) in [4.78, 5) is 23.9. The quantitative estimate of drug-likeness (QED) is 0.774. The number of esters is 1. The zero-order valence-corrected chi connectivity index (χ0v) is 11.2. The van der Waals surface area contributed by atoms with Crippen LogP contribution in [-0.4, -0.2) is 22.8 Å². The molecule has 5 nitrogen and oxygen atoms in total. The third-order valence-electron chi connectivity index (χ3n) is 2.96. The maximum atomic E-state index is 12.3. The molecule has 1 aliphatic rings. The van der Waals surface area contributed by atoms with Crippen molar-refractivity contribution in [2.75, 3.05) is 6.61 Å². The van der Waals surface area contributed by atoms with Crippen LogP contribution in [0.1, 0.15) is 37.7 Å². The minimum absolute atomic E-state index is 0.191. The first kappa shape index (κ1) is 13.3. The van der Waals surface area contributed by atoms with Crippen molar-refractivity contribution in [1.29, 1.82) is 0 Å². The molecule has 1 aromatic rings. The molecule has 5 heteroatoms. The molecule has 0 aromatic carbocycles. The van der Waals surface area contributed by atoms with E-state index in [9.17, 15) is 9.59 Å². The van der Waals surface area contributed by atoms with Crippen molar-refractivity contribution in [2.24, 2.45) is 0 Å². The van der Waals surface area contributed by atoms with Gasteiger partial charge in [-0.15, -0.1) is 0 Å². The minimum Gasteiger partial charge on any atom is -0.461 e. The van der Waals surface area contributed by atoms with Crippen molar-refractivity contribution in [1.82, 2.24) is 10.2 Å². The van der Waals surface area contributed by atoms with Crippen LogP contribution >= 0.6 is 0 Å². The molecule has 0 aliphatic heterocycles. The third kappa shape index (κ3) is 2.50. The number of aromatic amines is 1. The number of carbonyl (C=O) groups excluding carboxylic acids is 1. The lowest BCUT2D eigenvalue weighted by Gasteiger charge is -2.00. The van der Waals surface area contributed by atoms with Crippen LogP contribution in [0.15, 0.2) is 16.4 Å². The van der Waals surface area contributed by atoms with Gasteiger partial charge in [0.25, 0.3) is 0 Å². The van der Waals surface area contributed by atoms with Gasteiger partial charge in [0.1, 0.15) is 0 Å². The number of H-pyrrole nitrogens is 1. The Balaban J connectivity index is 2.71. The average molecular weight is 260 g/mol.